The zero-order valence-electron chi connectivity index (χ0n) is 22.1. The highest BCUT2D eigenvalue weighted by Crippen LogP contribution is 2.34. The maximum Gasteiger partial charge on any atom is 0.234 e. The number of imidazole rings is 1. The topological polar surface area (TPSA) is 76.7 Å². The van der Waals surface area contributed by atoms with Crippen molar-refractivity contribution in [2.75, 3.05) is 36.7 Å². The third-order valence-corrected chi connectivity index (χ3v) is 8.65. The molecule has 0 aliphatic heterocycles. The molecule has 8 nitrogen and oxygen atoms in total. The highest BCUT2D eigenvalue weighted by molar-refractivity contribution is 7.99. The first-order valence-electron chi connectivity index (χ1n) is 12.7. The fourth-order valence-corrected chi connectivity index (χ4v) is 6.63. The van der Waals surface area contributed by atoms with Gasteiger partial charge in [-0.25, -0.2) is 9.97 Å². The van der Waals surface area contributed by atoms with Gasteiger partial charge in [0.1, 0.15) is 10.4 Å². The number of nitrogens with zero attached hydrogens (tertiary/aromatic N) is 5. The SMILES string of the molecule is CCOc1ccc(-n2c(=S)sc3c2nc(SCC(=O)Nc2ccc(N(C)C)cc2)n2c4ccccc4nc32)cc1. The Morgan fingerprint density at radius 3 is 2.50 bits per heavy atom. The number of carbonyl (C=O) groups excluding carboxylic acids is 1. The number of benzene rings is 3. The van der Waals surface area contributed by atoms with Crippen LogP contribution in [0.5, 0.6) is 5.75 Å². The first-order valence-corrected chi connectivity index (χ1v) is 14.9. The Balaban J connectivity index is 1.39. The molecule has 40 heavy (non-hydrogen) atoms. The maximum atomic E-state index is 13.0. The molecular formula is C29H26N6O2S3. The molecule has 0 spiro atoms. The smallest absolute Gasteiger partial charge is 0.234 e. The fourth-order valence-electron chi connectivity index (χ4n) is 4.48. The van der Waals surface area contributed by atoms with Crippen molar-refractivity contribution in [3.8, 4) is 11.4 Å². The molecule has 0 fully saturated rings. The monoisotopic (exact) mass is 586 g/mol. The van der Waals surface area contributed by atoms with Gasteiger partial charge in [0.25, 0.3) is 0 Å². The van der Waals surface area contributed by atoms with Gasteiger partial charge in [0.2, 0.25) is 5.91 Å². The summed E-state index contributed by atoms with van der Waals surface area (Å²) in [5.41, 5.74) is 5.98. The molecule has 3 heterocycles. The van der Waals surface area contributed by atoms with E-state index in [0.29, 0.717) is 21.4 Å². The Morgan fingerprint density at radius 1 is 1.02 bits per heavy atom. The van der Waals surface area contributed by atoms with Crippen LogP contribution in [0.1, 0.15) is 6.92 Å². The van der Waals surface area contributed by atoms with Crippen LogP contribution >= 0.6 is 35.3 Å². The minimum Gasteiger partial charge on any atom is -0.494 e. The summed E-state index contributed by atoms with van der Waals surface area (Å²) in [4.78, 5) is 25.0. The van der Waals surface area contributed by atoms with Gasteiger partial charge in [0.05, 0.1) is 23.4 Å². The predicted octanol–water partition coefficient (Wildman–Crippen LogP) is 6.81. The van der Waals surface area contributed by atoms with Gasteiger partial charge < -0.3 is 15.0 Å². The van der Waals surface area contributed by atoms with Gasteiger partial charge in [-0.3, -0.25) is 13.8 Å². The van der Waals surface area contributed by atoms with Crippen LogP contribution < -0.4 is 15.0 Å². The van der Waals surface area contributed by atoms with Crippen molar-refractivity contribution in [2.45, 2.75) is 12.1 Å². The molecule has 0 radical (unpaired) electrons. The van der Waals surface area contributed by atoms with E-state index in [2.05, 4.69) is 5.32 Å². The van der Waals surface area contributed by atoms with Crippen LogP contribution in [0.4, 0.5) is 11.4 Å². The molecule has 3 aromatic carbocycles. The molecule has 6 aromatic rings. The van der Waals surface area contributed by atoms with Crippen LogP contribution in [-0.2, 0) is 4.79 Å². The lowest BCUT2D eigenvalue weighted by atomic mass is 10.2. The molecule has 0 aliphatic carbocycles. The van der Waals surface area contributed by atoms with E-state index in [4.69, 9.17) is 26.9 Å². The van der Waals surface area contributed by atoms with E-state index in [9.17, 15) is 4.79 Å². The third kappa shape index (κ3) is 4.91. The van der Waals surface area contributed by atoms with Crippen molar-refractivity contribution in [3.63, 3.8) is 0 Å². The minimum atomic E-state index is -0.115. The van der Waals surface area contributed by atoms with E-state index >= 15 is 0 Å². The van der Waals surface area contributed by atoms with Crippen molar-refractivity contribution < 1.29 is 9.53 Å². The molecule has 0 saturated carbocycles. The van der Waals surface area contributed by atoms with Crippen molar-refractivity contribution >= 4 is 79.6 Å². The number of anilines is 2. The highest BCUT2D eigenvalue weighted by atomic mass is 32.2. The Morgan fingerprint density at radius 2 is 1.77 bits per heavy atom. The average Bonchev–Trinajstić information content (AvgIpc) is 3.50. The lowest BCUT2D eigenvalue weighted by Crippen LogP contribution is -2.15. The van der Waals surface area contributed by atoms with E-state index in [0.717, 1.165) is 44.2 Å². The molecule has 1 N–H and O–H groups in total. The van der Waals surface area contributed by atoms with Gasteiger partial charge in [-0.1, -0.05) is 35.2 Å². The number of hydrogen-bond donors (Lipinski definition) is 1. The lowest BCUT2D eigenvalue weighted by Gasteiger charge is -2.13. The first-order chi connectivity index (χ1) is 19.4. The standard InChI is InChI=1S/C29H26N6O2S3/c1-4-37-21-15-13-20(14-16-21)34-27-25(40-29(34)38)26-31-22-7-5-6-8-23(22)35(26)28(32-27)39-17-24(36)30-18-9-11-19(12-10-18)33(2)3/h5-16H,4,17H2,1-3H3,(H,30,36). The predicted molar refractivity (Wildman–Crippen MR) is 167 cm³/mol. The average molecular weight is 587 g/mol. The van der Waals surface area contributed by atoms with Crippen LogP contribution in [0.25, 0.3) is 32.7 Å². The summed E-state index contributed by atoms with van der Waals surface area (Å²) in [6.45, 7) is 2.56. The van der Waals surface area contributed by atoms with Crippen molar-refractivity contribution in [2.24, 2.45) is 0 Å². The number of para-hydroxylation sites is 2. The summed E-state index contributed by atoms with van der Waals surface area (Å²) in [5.74, 6) is 0.866. The Bertz CT molecular complexity index is 1910. The molecule has 0 bridgehead atoms. The number of thioether (sulfide) groups is 1. The van der Waals surface area contributed by atoms with Gasteiger partial charge in [-0.2, -0.15) is 0 Å². The third-order valence-electron chi connectivity index (χ3n) is 6.35. The first kappa shape index (κ1) is 26.3. The highest BCUT2D eigenvalue weighted by Gasteiger charge is 2.20. The van der Waals surface area contributed by atoms with Crippen molar-refractivity contribution in [1.29, 1.82) is 0 Å². The number of ether oxygens (including phenoxy) is 1. The quantitative estimate of drug-likeness (QED) is 0.119. The van der Waals surface area contributed by atoms with E-state index in [1.807, 2.05) is 108 Å². The van der Waals surface area contributed by atoms with Gasteiger partial charge in [-0.15, -0.1) is 0 Å². The Hall–Kier alpha value is -3.93. The molecule has 202 valence electrons. The van der Waals surface area contributed by atoms with E-state index in [1.165, 1.54) is 23.1 Å². The number of thiazole rings is 1. The Kier molecular flexibility index (Phi) is 7.18. The molecule has 0 saturated heterocycles. The van der Waals surface area contributed by atoms with Crippen LogP contribution in [0.15, 0.2) is 78.0 Å². The van der Waals surface area contributed by atoms with Crippen LogP contribution in [-0.4, -0.2) is 51.3 Å². The number of amides is 1. The van der Waals surface area contributed by atoms with Crippen molar-refractivity contribution in [1.82, 2.24) is 18.9 Å². The second-order valence-electron chi connectivity index (χ2n) is 9.22. The lowest BCUT2D eigenvalue weighted by molar-refractivity contribution is -0.113. The zero-order chi connectivity index (χ0) is 27.8. The van der Waals surface area contributed by atoms with Crippen molar-refractivity contribution in [3.05, 3.63) is 76.8 Å². The molecular weight excluding hydrogens is 561 g/mol. The number of carbonyl (C=O) groups is 1. The van der Waals surface area contributed by atoms with E-state index in [-0.39, 0.29) is 11.7 Å². The number of aromatic nitrogens is 4. The molecule has 3 aromatic heterocycles. The second-order valence-corrected chi connectivity index (χ2v) is 11.8. The number of rotatable bonds is 8. The zero-order valence-corrected chi connectivity index (χ0v) is 24.6. The summed E-state index contributed by atoms with van der Waals surface area (Å²) in [6, 6.07) is 23.5. The van der Waals surface area contributed by atoms with Crippen LogP contribution in [0.3, 0.4) is 0 Å². The van der Waals surface area contributed by atoms with Gasteiger partial charge in [0.15, 0.2) is 20.4 Å². The fraction of sp³-hybridized carbons (Fsp3) is 0.172. The molecule has 6 rings (SSSR count). The Labute approximate surface area is 244 Å². The normalized spacial score (nSPS) is 11.4. The number of fused-ring (bicyclic) bond motifs is 5. The van der Waals surface area contributed by atoms with Crippen LogP contribution in [0.2, 0.25) is 0 Å². The van der Waals surface area contributed by atoms with Gasteiger partial charge >= 0.3 is 0 Å². The summed E-state index contributed by atoms with van der Waals surface area (Å²) < 4.78 is 11.2. The van der Waals surface area contributed by atoms with E-state index in [1.54, 1.807) is 0 Å². The number of nitrogens with one attached hydrogen (secondary N) is 1. The molecule has 0 unspecified atom stereocenters. The molecule has 1 amide bonds. The van der Waals surface area contributed by atoms with Gasteiger partial charge in [-0.05, 0) is 79.8 Å². The molecule has 11 heteroatoms. The number of hydrogen-bond acceptors (Lipinski definition) is 8. The van der Waals surface area contributed by atoms with Gasteiger partial charge in [0, 0.05) is 31.2 Å². The summed E-state index contributed by atoms with van der Waals surface area (Å²) in [5, 5.41) is 3.66. The minimum absolute atomic E-state index is 0.115. The summed E-state index contributed by atoms with van der Waals surface area (Å²) >= 11 is 8.66. The summed E-state index contributed by atoms with van der Waals surface area (Å²) in [7, 11) is 3.97. The van der Waals surface area contributed by atoms with Crippen LogP contribution in [0, 0.1) is 3.95 Å². The second kappa shape index (κ2) is 10.9. The molecule has 0 aliphatic rings. The molecule has 0 atom stereocenters. The summed E-state index contributed by atoms with van der Waals surface area (Å²) in [6.07, 6.45) is 0. The maximum absolute atomic E-state index is 13.0. The largest absolute Gasteiger partial charge is 0.494 e. The van der Waals surface area contributed by atoms with E-state index < -0.39 is 0 Å².